The van der Waals surface area contributed by atoms with Crippen molar-refractivity contribution in [1.29, 1.82) is 0 Å². The van der Waals surface area contributed by atoms with Crippen molar-refractivity contribution in [2.75, 3.05) is 19.6 Å². The van der Waals surface area contributed by atoms with Crippen molar-refractivity contribution in [1.82, 2.24) is 25.7 Å². The Balaban J connectivity index is 1.53. The van der Waals surface area contributed by atoms with Gasteiger partial charge in [-0.2, -0.15) is 4.98 Å². The fourth-order valence-corrected chi connectivity index (χ4v) is 3.11. The van der Waals surface area contributed by atoms with E-state index < -0.39 is 6.04 Å². The number of nitrogens with one attached hydrogen (secondary N) is 2. The molecule has 2 aromatic rings. The van der Waals surface area contributed by atoms with Gasteiger partial charge in [0.2, 0.25) is 17.7 Å². The zero-order valence-electron chi connectivity index (χ0n) is 15.7. The molecule has 0 radical (unpaired) electrons. The summed E-state index contributed by atoms with van der Waals surface area (Å²) in [4.78, 5) is 30.8. The van der Waals surface area contributed by atoms with E-state index in [0.29, 0.717) is 37.8 Å². The third-order valence-electron chi connectivity index (χ3n) is 4.57. The van der Waals surface area contributed by atoms with E-state index in [9.17, 15) is 9.59 Å². The molecule has 0 spiro atoms. The lowest BCUT2D eigenvalue weighted by Crippen LogP contribution is -2.56. The van der Waals surface area contributed by atoms with Gasteiger partial charge in [-0.3, -0.25) is 14.5 Å². The molecule has 1 fully saturated rings. The summed E-state index contributed by atoms with van der Waals surface area (Å²) in [5.74, 6) is 0.801. The van der Waals surface area contributed by atoms with E-state index in [2.05, 4.69) is 49.9 Å². The summed E-state index contributed by atoms with van der Waals surface area (Å²) in [6.45, 7) is 6.14. The molecular formula is C19H25N5O3. The number of carbonyl (C=O) groups excluding carboxylic acids is 2. The number of nitrogens with zero attached hydrogens (tertiary/aromatic N) is 3. The molecule has 0 unspecified atom stereocenters. The second-order valence-corrected chi connectivity index (χ2v) is 6.80. The molecular weight excluding hydrogens is 346 g/mol. The van der Waals surface area contributed by atoms with Gasteiger partial charge in [0.1, 0.15) is 0 Å². The van der Waals surface area contributed by atoms with Crippen molar-refractivity contribution in [3.8, 4) is 0 Å². The van der Waals surface area contributed by atoms with E-state index >= 15 is 0 Å². The van der Waals surface area contributed by atoms with E-state index in [4.69, 9.17) is 4.52 Å². The average Bonchev–Trinajstić information content (AvgIpc) is 3.05. The molecule has 0 bridgehead atoms. The summed E-state index contributed by atoms with van der Waals surface area (Å²) in [6, 6.07) is 7.77. The minimum Gasteiger partial charge on any atom is -0.356 e. The Morgan fingerprint density at radius 1 is 1.33 bits per heavy atom. The highest BCUT2D eigenvalue weighted by Gasteiger charge is 2.31. The second-order valence-electron chi connectivity index (χ2n) is 6.80. The second kappa shape index (κ2) is 8.77. The van der Waals surface area contributed by atoms with Crippen molar-refractivity contribution in [2.45, 2.75) is 39.3 Å². The summed E-state index contributed by atoms with van der Waals surface area (Å²) in [6.07, 6.45) is 0.621. The summed E-state index contributed by atoms with van der Waals surface area (Å²) >= 11 is 0. The predicted octanol–water partition coefficient (Wildman–Crippen LogP) is 0.736. The number of benzene rings is 1. The third-order valence-corrected chi connectivity index (χ3v) is 4.57. The minimum absolute atomic E-state index is 0.0997. The zero-order chi connectivity index (χ0) is 19.2. The molecule has 8 heteroatoms. The molecule has 2 amide bonds. The topological polar surface area (TPSA) is 100 Å². The summed E-state index contributed by atoms with van der Waals surface area (Å²) < 4.78 is 4.90. The fraction of sp³-hybridized carbons (Fsp3) is 0.474. The highest BCUT2D eigenvalue weighted by atomic mass is 16.5. The summed E-state index contributed by atoms with van der Waals surface area (Å²) in [7, 11) is 0. The molecule has 1 aromatic carbocycles. The van der Waals surface area contributed by atoms with Gasteiger partial charge in [-0.25, -0.2) is 0 Å². The van der Waals surface area contributed by atoms with Crippen LogP contribution in [0.5, 0.6) is 0 Å². The maximum absolute atomic E-state index is 12.3. The van der Waals surface area contributed by atoms with Crippen molar-refractivity contribution in [3.05, 3.63) is 47.1 Å². The summed E-state index contributed by atoms with van der Waals surface area (Å²) in [5.41, 5.74) is 2.33. The zero-order valence-corrected chi connectivity index (χ0v) is 15.7. The van der Waals surface area contributed by atoms with Gasteiger partial charge in [-0.1, -0.05) is 35.0 Å². The lowest BCUT2D eigenvalue weighted by Gasteiger charge is -2.34. The van der Waals surface area contributed by atoms with E-state index in [1.807, 2.05) is 6.92 Å². The Kier molecular flexibility index (Phi) is 6.18. The van der Waals surface area contributed by atoms with Crippen LogP contribution in [0.1, 0.15) is 29.3 Å². The first-order valence-corrected chi connectivity index (χ1v) is 9.14. The van der Waals surface area contributed by atoms with Crippen LogP contribution >= 0.6 is 0 Å². The lowest BCUT2D eigenvalue weighted by molar-refractivity contribution is -0.134. The van der Waals surface area contributed by atoms with Crippen molar-refractivity contribution in [3.63, 3.8) is 0 Å². The van der Waals surface area contributed by atoms with E-state index in [1.54, 1.807) is 6.92 Å². The van der Waals surface area contributed by atoms with E-state index in [0.717, 1.165) is 12.1 Å². The normalized spacial score (nSPS) is 17.6. The van der Waals surface area contributed by atoms with E-state index in [1.165, 1.54) is 5.56 Å². The van der Waals surface area contributed by atoms with Gasteiger partial charge >= 0.3 is 0 Å². The Morgan fingerprint density at radius 3 is 2.81 bits per heavy atom. The summed E-state index contributed by atoms with van der Waals surface area (Å²) in [5, 5.41) is 9.48. The number of aryl methyl sites for hydroxylation is 2. The van der Waals surface area contributed by atoms with Gasteiger partial charge in [0, 0.05) is 39.5 Å². The van der Waals surface area contributed by atoms with Gasteiger partial charge in [-0.05, 0) is 12.5 Å². The van der Waals surface area contributed by atoms with Gasteiger partial charge in [0.15, 0.2) is 5.82 Å². The van der Waals surface area contributed by atoms with Crippen molar-refractivity contribution in [2.24, 2.45) is 0 Å². The third kappa shape index (κ3) is 5.37. The predicted molar refractivity (Wildman–Crippen MR) is 98.8 cm³/mol. The Labute approximate surface area is 158 Å². The minimum atomic E-state index is -0.465. The number of amides is 2. The number of hydrogen-bond acceptors (Lipinski definition) is 6. The molecule has 2 N–H and O–H groups in total. The Hall–Kier alpha value is -2.74. The highest BCUT2D eigenvalue weighted by Crippen LogP contribution is 2.14. The van der Waals surface area contributed by atoms with Crippen LogP contribution in [0.4, 0.5) is 0 Å². The highest BCUT2D eigenvalue weighted by molar-refractivity contribution is 5.88. The van der Waals surface area contributed by atoms with Gasteiger partial charge in [0.25, 0.3) is 0 Å². The first-order valence-electron chi connectivity index (χ1n) is 9.14. The first-order chi connectivity index (χ1) is 13.0. The van der Waals surface area contributed by atoms with Crippen LogP contribution in [0.25, 0.3) is 0 Å². The SMILES string of the molecule is Cc1ccc(CN2CCNC(=O)[C@H]2CC(=O)NCCc2noc(C)n2)cc1. The van der Waals surface area contributed by atoms with Crippen LogP contribution in [0.3, 0.4) is 0 Å². The molecule has 3 rings (SSSR count). The maximum Gasteiger partial charge on any atom is 0.237 e. The molecule has 1 atom stereocenters. The van der Waals surface area contributed by atoms with Crippen LogP contribution in [-0.4, -0.2) is 52.5 Å². The quantitative estimate of drug-likeness (QED) is 0.744. The maximum atomic E-state index is 12.3. The van der Waals surface area contributed by atoms with Crippen LogP contribution < -0.4 is 10.6 Å². The monoisotopic (exact) mass is 371 g/mol. The largest absolute Gasteiger partial charge is 0.356 e. The van der Waals surface area contributed by atoms with Crippen LogP contribution in [0.2, 0.25) is 0 Å². The lowest BCUT2D eigenvalue weighted by atomic mass is 10.1. The van der Waals surface area contributed by atoms with Gasteiger partial charge in [-0.15, -0.1) is 0 Å². The smallest absolute Gasteiger partial charge is 0.237 e. The molecule has 0 saturated carbocycles. The molecule has 1 aromatic heterocycles. The number of aromatic nitrogens is 2. The average molecular weight is 371 g/mol. The standard InChI is InChI=1S/C19H25N5O3/c1-13-3-5-15(6-4-13)12-24-10-9-21-19(26)16(24)11-18(25)20-8-7-17-22-14(2)27-23-17/h3-6,16H,7-12H2,1-2H3,(H,20,25)(H,21,26)/t16-/m1/s1. The first kappa shape index (κ1) is 19.0. The molecule has 0 aliphatic carbocycles. The number of piperazine rings is 1. The number of rotatable bonds is 7. The van der Waals surface area contributed by atoms with E-state index in [-0.39, 0.29) is 18.2 Å². The molecule has 8 nitrogen and oxygen atoms in total. The van der Waals surface area contributed by atoms with Crippen molar-refractivity contribution < 1.29 is 14.1 Å². The Bertz CT molecular complexity index is 787. The van der Waals surface area contributed by atoms with Crippen LogP contribution in [0.15, 0.2) is 28.8 Å². The van der Waals surface area contributed by atoms with Crippen molar-refractivity contribution >= 4 is 11.8 Å². The van der Waals surface area contributed by atoms with Gasteiger partial charge < -0.3 is 15.2 Å². The molecule has 1 saturated heterocycles. The fourth-order valence-electron chi connectivity index (χ4n) is 3.11. The number of hydrogen-bond donors (Lipinski definition) is 2. The molecule has 1 aliphatic rings. The molecule has 1 aliphatic heterocycles. The molecule has 2 heterocycles. The van der Waals surface area contributed by atoms with Crippen LogP contribution in [0, 0.1) is 13.8 Å². The van der Waals surface area contributed by atoms with Gasteiger partial charge in [0.05, 0.1) is 12.5 Å². The Morgan fingerprint density at radius 2 is 2.11 bits per heavy atom. The van der Waals surface area contributed by atoms with Crippen LogP contribution in [-0.2, 0) is 22.6 Å². The molecule has 144 valence electrons. The molecule has 27 heavy (non-hydrogen) atoms. The number of carbonyl (C=O) groups is 2.